The Hall–Kier alpha value is -1.17. The molecule has 5 nitrogen and oxygen atoms in total. The largest absolute Gasteiger partial charge is 0.481 e. The highest BCUT2D eigenvalue weighted by Gasteiger charge is 2.08. The zero-order valence-electron chi connectivity index (χ0n) is 7.64. The summed E-state index contributed by atoms with van der Waals surface area (Å²) < 4.78 is 0.757. The van der Waals surface area contributed by atoms with Crippen LogP contribution < -0.4 is 4.90 Å². The summed E-state index contributed by atoms with van der Waals surface area (Å²) in [6.45, 7) is 0.422. The molecule has 0 aliphatic rings. The monoisotopic (exact) mass is 259 g/mol. The maximum absolute atomic E-state index is 10.3. The van der Waals surface area contributed by atoms with Crippen LogP contribution in [0.15, 0.2) is 17.0 Å². The van der Waals surface area contributed by atoms with Crippen molar-refractivity contribution >= 4 is 27.7 Å². The topological polar surface area (TPSA) is 66.3 Å². The minimum atomic E-state index is -0.818. The van der Waals surface area contributed by atoms with Crippen LogP contribution in [0.4, 0.5) is 5.82 Å². The molecule has 0 aromatic carbocycles. The van der Waals surface area contributed by atoms with Gasteiger partial charge >= 0.3 is 5.97 Å². The number of halogens is 1. The van der Waals surface area contributed by atoms with Crippen LogP contribution in [0.3, 0.4) is 0 Å². The molecule has 0 amide bonds. The molecule has 0 atom stereocenters. The van der Waals surface area contributed by atoms with Gasteiger partial charge in [-0.15, -0.1) is 0 Å². The van der Waals surface area contributed by atoms with E-state index in [1.54, 1.807) is 18.1 Å². The van der Waals surface area contributed by atoms with Gasteiger partial charge in [-0.2, -0.15) is 0 Å². The molecule has 1 heterocycles. The van der Waals surface area contributed by atoms with Gasteiger partial charge in [-0.1, -0.05) is 0 Å². The summed E-state index contributed by atoms with van der Waals surface area (Å²) in [5.74, 6) is -0.122. The SMILES string of the molecule is CN(CCC(=O)O)c1ncncc1Br. The van der Waals surface area contributed by atoms with Gasteiger partial charge in [0, 0.05) is 19.8 Å². The lowest BCUT2D eigenvalue weighted by molar-refractivity contribution is -0.136. The number of anilines is 1. The van der Waals surface area contributed by atoms with Gasteiger partial charge in [-0.05, 0) is 15.9 Å². The fraction of sp³-hybridized carbons (Fsp3) is 0.375. The van der Waals surface area contributed by atoms with Crippen LogP contribution in [-0.2, 0) is 4.79 Å². The number of carbonyl (C=O) groups is 1. The van der Waals surface area contributed by atoms with E-state index >= 15 is 0 Å². The standard InChI is InChI=1S/C8H10BrN3O2/c1-12(3-2-7(13)14)8-6(9)4-10-5-11-8/h4-5H,2-3H2,1H3,(H,13,14). The van der Waals surface area contributed by atoms with Crippen LogP contribution in [0.2, 0.25) is 0 Å². The molecule has 1 rings (SSSR count). The van der Waals surface area contributed by atoms with Gasteiger partial charge in [0.15, 0.2) is 0 Å². The molecule has 0 saturated heterocycles. The highest BCUT2D eigenvalue weighted by atomic mass is 79.9. The van der Waals surface area contributed by atoms with Crippen molar-refractivity contribution in [1.29, 1.82) is 0 Å². The molecule has 14 heavy (non-hydrogen) atoms. The van der Waals surface area contributed by atoms with E-state index < -0.39 is 5.97 Å². The number of rotatable bonds is 4. The Bertz CT molecular complexity index is 332. The van der Waals surface area contributed by atoms with E-state index in [-0.39, 0.29) is 6.42 Å². The second-order valence-corrected chi connectivity index (χ2v) is 3.61. The van der Waals surface area contributed by atoms with E-state index in [0.717, 1.165) is 4.47 Å². The number of aromatic nitrogens is 2. The van der Waals surface area contributed by atoms with Gasteiger partial charge in [0.2, 0.25) is 0 Å². The number of hydrogen-bond acceptors (Lipinski definition) is 4. The second kappa shape index (κ2) is 4.90. The summed E-state index contributed by atoms with van der Waals surface area (Å²) in [6, 6.07) is 0. The summed E-state index contributed by atoms with van der Waals surface area (Å²) in [4.78, 5) is 20.0. The van der Waals surface area contributed by atoms with Crippen LogP contribution in [0.25, 0.3) is 0 Å². The molecular weight excluding hydrogens is 250 g/mol. The number of hydrogen-bond donors (Lipinski definition) is 1. The maximum atomic E-state index is 10.3. The third-order valence-corrected chi connectivity index (χ3v) is 2.23. The summed E-state index contributed by atoms with van der Waals surface area (Å²) in [5.41, 5.74) is 0. The van der Waals surface area contributed by atoms with Crippen molar-refractivity contribution in [2.45, 2.75) is 6.42 Å². The van der Waals surface area contributed by atoms with Crippen LogP contribution in [-0.4, -0.2) is 34.6 Å². The smallest absolute Gasteiger partial charge is 0.305 e. The van der Waals surface area contributed by atoms with E-state index in [2.05, 4.69) is 25.9 Å². The average Bonchev–Trinajstić information content (AvgIpc) is 2.15. The third-order valence-electron chi connectivity index (χ3n) is 1.67. The van der Waals surface area contributed by atoms with E-state index in [9.17, 15) is 4.79 Å². The van der Waals surface area contributed by atoms with E-state index in [1.165, 1.54) is 6.33 Å². The number of carboxylic acids is 1. The van der Waals surface area contributed by atoms with Gasteiger partial charge in [-0.3, -0.25) is 4.79 Å². The quantitative estimate of drug-likeness (QED) is 0.879. The minimum Gasteiger partial charge on any atom is -0.481 e. The lowest BCUT2D eigenvalue weighted by Gasteiger charge is -2.17. The highest BCUT2D eigenvalue weighted by Crippen LogP contribution is 2.20. The van der Waals surface area contributed by atoms with Crippen molar-refractivity contribution < 1.29 is 9.90 Å². The lowest BCUT2D eigenvalue weighted by Crippen LogP contribution is -2.22. The molecule has 6 heteroatoms. The summed E-state index contributed by atoms with van der Waals surface area (Å²) in [7, 11) is 1.79. The second-order valence-electron chi connectivity index (χ2n) is 2.76. The Kier molecular flexibility index (Phi) is 3.82. The molecule has 0 radical (unpaired) electrons. The van der Waals surface area contributed by atoms with E-state index in [0.29, 0.717) is 12.4 Å². The number of nitrogens with zero attached hydrogens (tertiary/aromatic N) is 3. The molecule has 76 valence electrons. The normalized spacial score (nSPS) is 9.86. The van der Waals surface area contributed by atoms with Crippen molar-refractivity contribution in [2.75, 3.05) is 18.5 Å². The van der Waals surface area contributed by atoms with Gasteiger partial charge in [0.1, 0.15) is 12.1 Å². The first-order valence-corrected chi connectivity index (χ1v) is 4.79. The van der Waals surface area contributed by atoms with Crippen molar-refractivity contribution in [2.24, 2.45) is 0 Å². The molecule has 0 aliphatic carbocycles. The average molecular weight is 260 g/mol. The van der Waals surface area contributed by atoms with Gasteiger partial charge in [-0.25, -0.2) is 9.97 Å². The fourth-order valence-electron chi connectivity index (χ4n) is 0.956. The predicted molar refractivity (Wildman–Crippen MR) is 55.3 cm³/mol. The van der Waals surface area contributed by atoms with Gasteiger partial charge in [0.05, 0.1) is 10.9 Å². The van der Waals surface area contributed by atoms with E-state index in [4.69, 9.17) is 5.11 Å². The van der Waals surface area contributed by atoms with Crippen LogP contribution in [0, 0.1) is 0 Å². The van der Waals surface area contributed by atoms with Crippen LogP contribution >= 0.6 is 15.9 Å². The molecule has 1 aromatic heterocycles. The maximum Gasteiger partial charge on any atom is 0.305 e. The molecule has 0 bridgehead atoms. The summed E-state index contributed by atoms with van der Waals surface area (Å²) in [5, 5.41) is 8.51. The first kappa shape index (κ1) is 10.9. The van der Waals surface area contributed by atoms with E-state index in [1.807, 2.05) is 0 Å². The zero-order valence-corrected chi connectivity index (χ0v) is 9.23. The van der Waals surface area contributed by atoms with Crippen molar-refractivity contribution in [3.8, 4) is 0 Å². The molecular formula is C8H10BrN3O2. The molecule has 0 unspecified atom stereocenters. The van der Waals surface area contributed by atoms with Gasteiger partial charge < -0.3 is 10.0 Å². The predicted octanol–water partition coefficient (Wildman–Crippen LogP) is 1.15. The minimum absolute atomic E-state index is 0.0902. The Morgan fingerprint density at radius 3 is 3.00 bits per heavy atom. The van der Waals surface area contributed by atoms with Crippen LogP contribution in [0.5, 0.6) is 0 Å². The van der Waals surface area contributed by atoms with Gasteiger partial charge in [0.25, 0.3) is 0 Å². The Labute approximate surface area is 89.9 Å². The Morgan fingerprint density at radius 1 is 1.71 bits per heavy atom. The molecule has 1 aromatic rings. The molecule has 0 spiro atoms. The summed E-state index contributed by atoms with van der Waals surface area (Å²) >= 11 is 3.29. The summed E-state index contributed by atoms with van der Waals surface area (Å²) in [6.07, 6.45) is 3.14. The Morgan fingerprint density at radius 2 is 2.43 bits per heavy atom. The first-order chi connectivity index (χ1) is 6.61. The molecule has 0 fully saturated rings. The Balaban J connectivity index is 2.65. The van der Waals surface area contributed by atoms with Crippen LogP contribution in [0.1, 0.15) is 6.42 Å². The molecule has 0 aliphatic heterocycles. The lowest BCUT2D eigenvalue weighted by atomic mass is 10.4. The zero-order chi connectivity index (χ0) is 10.6. The third kappa shape index (κ3) is 2.95. The van der Waals surface area contributed by atoms with Crippen molar-refractivity contribution in [3.63, 3.8) is 0 Å². The number of aliphatic carboxylic acids is 1. The van der Waals surface area contributed by atoms with Crippen molar-refractivity contribution in [3.05, 3.63) is 17.0 Å². The number of carboxylic acid groups (broad SMARTS) is 1. The first-order valence-electron chi connectivity index (χ1n) is 3.99. The molecule has 0 saturated carbocycles. The van der Waals surface area contributed by atoms with Crippen molar-refractivity contribution in [1.82, 2.24) is 9.97 Å². The highest BCUT2D eigenvalue weighted by molar-refractivity contribution is 9.10. The molecule has 1 N–H and O–H groups in total. The fourth-order valence-corrected chi connectivity index (χ4v) is 1.48.